The number of nitrogens with one attached hydrogen (secondary N) is 1. The number of hydrogen-bond donors (Lipinski definition) is 1. The van der Waals surface area contributed by atoms with E-state index in [0.29, 0.717) is 28.3 Å². The number of hydrogen-bond acceptors (Lipinski definition) is 4. The first kappa shape index (κ1) is 13.1. The second-order valence-corrected chi connectivity index (χ2v) is 5.44. The highest BCUT2D eigenvalue weighted by molar-refractivity contribution is 6.31. The number of benzene rings is 1. The Hall–Kier alpha value is -1.88. The Morgan fingerprint density at radius 2 is 2.20 bits per heavy atom. The first-order valence-electron chi connectivity index (χ1n) is 6.49. The molecule has 1 N–H and O–H groups in total. The predicted octanol–water partition coefficient (Wildman–Crippen LogP) is 2.84. The number of aromatic nitrogens is 2. The maximum absolute atomic E-state index is 12.0. The van der Waals surface area contributed by atoms with Crippen molar-refractivity contribution in [2.75, 3.05) is 0 Å². The van der Waals surface area contributed by atoms with Crippen LogP contribution in [0.25, 0.3) is 0 Å². The molecule has 1 aliphatic rings. The van der Waals surface area contributed by atoms with Crippen LogP contribution in [-0.2, 0) is 6.54 Å². The standard InChI is InChI=1S/C14H14ClN3O2/c1-8-4-10(6-11(15)5-8)13(19)16-7-12-17-18-14(20-12)9-2-3-9/h4-6,9H,2-3,7H2,1H3,(H,16,19). The molecule has 0 bridgehead atoms. The van der Waals surface area contributed by atoms with Gasteiger partial charge in [0.15, 0.2) is 0 Å². The Kier molecular flexibility index (Phi) is 3.44. The van der Waals surface area contributed by atoms with E-state index in [-0.39, 0.29) is 12.5 Å². The maximum Gasteiger partial charge on any atom is 0.251 e. The number of aryl methyl sites for hydroxylation is 1. The minimum Gasteiger partial charge on any atom is -0.423 e. The molecule has 1 aromatic carbocycles. The molecule has 0 radical (unpaired) electrons. The van der Waals surface area contributed by atoms with Gasteiger partial charge in [0.05, 0.1) is 6.54 Å². The number of carbonyl (C=O) groups excluding carboxylic acids is 1. The molecule has 1 aromatic heterocycles. The van der Waals surface area contributed by atoms with Gasteiger partial charge in [-0.25, -0.2) is 0 Å². The molecule has 1 saturated carbocycles. The lowest BCUT2D eigenvalue weighted by Crippen LogP contribution is -2.23. The smallest absolute Gasteiger partial charge is 0.251 e. The largest absolute Gasteiger partial charge is 0.423 e. The SMILES string of the molecule is Cc1cc(Cl)cc(C(=O)NCc2nnc(C3CC3)o2)c1. The van der Waals surface area contributed by atoms with E-state index in [4.69, 9.17) is 16.0 Å². The fraction of sp³-hybridized carbons (Fsp3) is 0.357. The molecule has 1 fully saturated rings. The highest BCUT2D eigenvalue weighted by Gasteiger charge is 2.29. The molecule has 1 amide bonds. The van der Waals surface area contributed by atoms with Gasteiger partial charge in [0, 0.05) is 16.5 Å². The van der Waals surface area contributed by atoms with Crippen LogP contribution < -0.4 is 5.32 Å². The van der Waals surface area contributed by atoms with Crippen LogP contribution in [0.1, 0.15) is 46.5 Å². The van der Waals surface area contributed by atoms with E-state index < -0.39 is 0 Å². The van der Waals surface area contributed by atoms with E-state index in [0.717, 1.165) is 18.4 Å². The van der Waals surface area contributed by atoms with E-state index in [1.165, 1.54) is 0 Å². The molecule has 6 heteroatoms. The van der Waals surface area contributed by atoms with E-state index >= 15 is 0 Å². The second-order valence-electron chi connectivity index (χ2n) is 5.01. The summed E-state index contributed by atoms with van der Waals surface area (Å²) in [6.07, 6.45) is 2.21. The monoisotopic (exact) mass is 291 g/mol. The summed E-state index contributed by atoms with van der Waals surface area (Å²) in [6.45, 7) is 2.12. The van der Waals surface area contributed by atoms with Crippen LogP contribution >= 0.6 is 11.6 Å². The third-order valence-corrected chi connectivity index (χ3v) is 3.33. The van der Waals surface area contributed by atoms with Crippen molar-refractivity contribution in [1.29, 1.82) is 0 Å². The van der Waals surface area contributed by atoms with Crippen LogP contribution in [0.15, 0.2) is 22.6 Å². The molecule has 0 atom stereocenters. The molecule has 5 nitrogen and oxygen atoms in total. The van der Waals surface area contributed by atoms with Crippen molar-refractivity contribution in [3.05, 3.63) is 46.1 Å². The summed E-state index contributed by atoms with van der Waals surface area (Å²) in [7, 11) is 0. The average molecular weight is 292 g/mol. The molecular formula is C14H14ClN3O2. The number of carbonyl (C=O) groups is 1. The zero-order chi connectivity index (χ0) is 14.1. The van der Waals surface area contributed by atoms with Crippen molar-refractivity contribution in [2.45, 2.75) is 32.2 Å². The van der Waals surface area contributed by atoms with Gasteiger partial charge in [-0.15, -0.1) is 10.2 Å². The number of amides is 1. The fourth-order valence-electron chi connectivity index (χ4n) is 1.96. The predicted molar refractivity (Wildman–Crippen MR) is 73.6 cm³/mol. The average Bonchev–Trinajstić information content (AvgIpc) is 3.14. The van der Waals surface area contributed by atoms with Gasteiger partial charge in [-0.2, -0.15) is 0 Å². The van der Waals surface area contributed by atoms with E-state index in [2.05, 4.69) is 15.5 Å². The van der Waals surface area contributed by atoms with Crippen molar-refractivity contribution in [1.82, 2.24) is 15.5 Å². The van der Waals surface area contributed by atoms with Crippen LogP contribution in [0.3, 0.4) is 0 Å². The zero-order valence-electron chi connectivity index (χ0n) is 11.0. The second kappa shape index (κ2) is 5.25. The highest BCUT2D eigenvalue weighted by atomic mass is 35.5. The van der Waals surface area contributed by atoms with Gasteiger partial charge in [-0.3, -0.25) is 4.79 Å². The molecule has 1 heterocycles. The van der Waals surface area contributed by atoms with Crippen molar-refractivity contribution >= 4 is 17.5 Å². The minimum absolute atomic E-state index is 0.207. The lowest BCUT2D eigenvalue weighted by atomic mass is 10.1. The summed E-state index contributed by atoms with van der Waals surface area (Å²) < 4.78 is 5.48. The molecule has 0 spiro atoms. The topological polar surface area (TPSA) is 68.0 Å². The normalized spacial score (nSPS) is 14.3. The molecular weight excluding hydrogens is 278 g/mol. The third kappa shape index (κ3) is 2.99. The van der Waals surface area contributed by atoms with E-state index in [1.54, 1.807) is 18.2 Å². The Morgan fingerprint density at radius 3 is 2.90 bits per heavy atom. The number of nitrogens with zero attached hydrogens (tertiary/aromatic N) is 2. The lowest BCUT2D eigenvalue weighted by molar-refractivity contribution is 0.0947. The summed E-state index contributed by atoms with van der Waals surface area (Å²) >= 11 is 5.94. The van der Waals surface area contributed by atoms with Crippen molar-refractivity contribution < 1.29 is 9.21 Å². The first-order valence-corrected chi connectivity index (χ1v) is 6.87. The van der Waals surface area contributed by atoms with Crippen LogP contribution in [0.4, 0.5) is 0 Å². The van der Waals surface area contributed by atoms with E-state index in [1.807, 2.05) is 6.92 Å². The highest BCUT2D eigenvalue weighted by Crippen LogP contribution is 2.38. The van der Waals surface area contributed by atoms with Crippen LogP contribution in [0.5, 0.6) is 0 Å². The maximum atomic E-state index is 12.0. The third-order valence-electron chi connectivity index (χ3n) is 3.11. The van der Waals surface area contributed by atoms with Gasteiger partial charge >= 0.3 is 0 Å². The molecule has 1 aliphatic carbocycles. The summed E-state index contributed by atoms with van der Waals surface area (Å²) in [4.78, 5) is 12.0. The Balaban J connectivity index is 1.63. The summed E-state index contributed by atoms with van der Waals surface area (Å²) in [5.41, 5.74) is 1.47. The van der Waals surface area contributed by atoms with Crippen LogP contribution in [-0.4, -0.2) is 16.1 Å². The van der Waals surface area contributed by atoms with Crippen molar-refractivity contribution in [3.8, 4) is 0 Å². The molecule has 3 rings (SSSR count). The Morgan fingerprint density at radius 1 is 1.40 bits per heavy atom. The van der Waals surface area contributed by atoms with Crippen LogP contribution in [0, 0.1) is 6.92 Å². The zero-order valence-corrected chi connectivity index (χ0v) is 11.8. The number of halogens is 1. The van der Waals surface area contributed by atoms with Gasteiger partial charge < -0.3 is 9.73 Å². The molecule has 20 heavy (non-hydrogen) atoms. The number of rotatable bonds is 4. The van der Waals surface area contributed by atoms with Crippen molar-refractivity contribution in [2.24, 2.45) is 0 Å². The molecule has 0 unspecified atom stereocenters. The Labute approximate surface area is 121 Å². The first-order chi connectivity index (χ1) is 9.61. The van der Waals surface area contributed by atoms with Gasteiger partial charge in [-0.05, 0) is 43.5 Å². The molecule has 0 aliphatic heterocycles. The van der Waals surface area contributed by atoms with Gasteiger partial charge in [0.25, 0.3) is 5.91 Å². The van der Waals surface area contributed by atoms with Crippen LogP contribution in [0.2, 0.25) is 5.02 Å². The van der Waals surface area contributed by atoms with Gasteiger partial charge in [-0.1, -0.05) is 11.6 Å². The Bertz CT molecular complexity index is 629. The molecule has 2 aromatic rings. The quantitative estimate of drug-likeness (QED) is 0.940. The minimum atomic E-state index is -0.207. The van der Waals surface area contributed by atoms with Gasteiger partial charge in [0.1, 0.15) is 0 Å². The van der Waals surface area contributed by atoms with E-state index in [9.17, 15) is 4.79 Å². The van der Waals surface area contributed by atoms with Crippen molar-refractivity contribution in [3.63, 3.8) is 0 Å². The summed E-state index contributed by atoms with van der Waals surface area (Å²) in [5.74, 6) is 1.32. The molecule has 104 valence electrons. The molecule has 0 saturated heterocycles. The van der Waals surface area contributed by atoms with Gasteiger partial charge in [0.2, 0.25) is 11.8 Å². The summed E-state index contributed by atoms with van der Waals surface area (Å²) in [6, 6.07) is 5.22. The lowest BCUT2D eigenvalue weighted by Gasteiger charge is -2.04. The summed E-state index contributed by atoms with van der Waals surface area (Å²) in [5, 5.41) is 11.2. The fourth-order valence-corrected chi connectivity index (χ4v) is 2.25.